The molecule has 1 fully saturated rings. The number of carbonyl (C=O) groups is 2. The lowest BCUT2D eigenvalue weighted by Gasteiger charge is -2.31. The number of rotatable bonds is 6. The summed E-state index contributed by atoms with van der Waals surface area (Å²) in [7, 11) is 0. The van der Waals surface area contributed by atoms with Gasteiger partial charge in [-0.3, -0.25) is 9.59 Å². The Kier molecular flexibility index (Phi) is 6.60. The lowest BCUT2D eigenvalue weighted by atomic mass is 9.98. The second-order valence-electron chi connectivity index (χ2n) is 7.07. The Bertz CT molecular complexity index is 749. The zero-order chi connectivity index (χ0) is 19.1. The molecule has 2 aromatic rings. The van der Waals surface area contributed by atoms with Gasteiger partial charge in [0.05, 0.1) is 12.5 Å². The molecule has 0 saturated carbocycles. The van der Waals surface area contributed by atoms with Crippen LogP contribution in [0.3, 0.4) is 0 Å². The topological polar surface area (TPSA) is 70.2 Å². The molecule has 0 radical (unpaired) electrons. The summed E-state index contributed by atoms with van der Waals surface area (Å²) in [6.45, 7) is 3.09. The van der Waals surface area contributed by atoms with Crippen molar-refractivity contribution in [3.63, 3.8) is 0 Å². The van der Waals surface area contributed by atoms with Crippen LogP contribution in [-0.2, 0) is 4.79 Å². The summed E-state index contributed by atoms with van der Waals surface area (Å²) in [6.07, 6.45) is 2.25. The van der Waals surface area contributed by atoms with Gasteiger partial charge in [0.15, 0.2) is 0 Å². The van der Waals surface area contributed by atoms with Crippen molar-refractivity contribution in [3.05, 3.63) is 71.8 Å². The molecular formula is C22H27N3O2. The zero-order valence-corrected chi connectivity index (χ0v) is 15.7. The fourth-order valence-corrected chi connectivity index (χ4v) is 3.46. The van der Waals surface area contributed by atoms with Crippen LogP contribution in [-0.4, -0.2) is 30.4 Å². The normalized spacial score (nSPS) is 20.5. The van der Waals surface area contributed by atoms with E-state index >= 15 is 0 Å². The van der Waals surface area contributed by atoms with Crippen LogP contribution in [0.25, 0.3) is 0 Å². The fourth-order valence-electron chi connectivity index (χ4n) is 3.46. The highest BCUT2D eigenvalue weighted by Crippen LogP contribution is 2.18. The molecule has 1 heterocycles. The number of amides is 2. The van der Waals surface area contributed by atoms with E-state index in [9.17, 15) is 9.59 Å². The first-order chi connectivity index (χ1) is 13.1. The van der Waals surface area contributed by atoms with Gasteiger partial charge in [0, 0.05) is 17.6 Å². The summed E-state index contributed by atoms with van der Waals surface area (Å²) in [5.41, 5.74) is 1.51. The van der Waals surface area contributed by atoms with E-state index in [0.29, 0.717) is 5.56 Å². The molecule has 0 spiro atoms. The number of nitrogens with one attached hydrogen (secondary N) is 3. The summed E-state index contributed by atoms with van der Waals surface area (Å²) in [4.78, 5) is 25.3. The molecular weight excluding hydrogens is 338 g/mol. The smallest absolute Gasteiger partial charge is 0.251 e. The number of hydrogen-bond donors (Lipinski definition) is 3. The highest BCUT2D eigenvalue weighted by Gasteiger charge is 2.25. The van der Waals surface area contributed by atoms with Crippen molar-refractivity contribution in [2.75, 3.05) is 6.54 Å². The van der Waals surface area contributed by atoms with Gasteiger partial charge in [-0.05, 0) is 44.0 Å². The van der Waals surface area contributed by atoms with Gasteiger partial charge >= 0.3 is 0 Å². The highest BCUT2D eigenvalue weighted by molar-refractivity contribution is 5.94. The minimum atomic E-state index is -0.370. The second kappa shape index (κ2) is 9.33. The average molecular weight is 365 g/mol. The lowest BCUT2D eigenvalue weighted by Crippen LogP contribution is -2.52. The SMILES string of the molecule is CC1NCCCC1NC(=O)CC(NC(=O)c1ccccc1)c1ccccc1. The molecule has 1 aliphatic rings. The largest absolute Gasteiger partial charge is 0.352 e. The summed E-state index contributed by atoms with van der Waals surface area (Å²) < 4.78 is 0. The molecule has 3 atom stereocenters. The number of hydrogen-bond acceptors (Lipinski definition) is 3. The molecule has 0 aliphatic carbocycles. The van der Waals surface area contributed by atoms with Crippen molar-refractivity contribution in [2.45, 2.75) is 44.3 Å². The first kappa shape index (κ1) is 19.1. The maximum atomic E-state index is 12.7. The second-order valence-corrected chi connectivity index (χ2v) is 7.07. The molecule has 3 rings (SSSR count). The molecule has 1 aliphatic heterocycles. The predicted molar refractivity (Wildman–Crippen MR) is 106 cm³/mol. The van der Waals surface area contributed by atoms with Crippen LogP contribution < -0.4 is 16.0 Å². The van der Waals surface area contributed by atoms with Crippen molar-refractivity contribution in [2.24, 2.45) is 0 Å². The van der Waals surface area contributed by atoms with Gasteiger partial charge in [-0.25, -0.2) is 0 Å². The Balaban J connectivity index is 1.68. The summed E-state index contributed by atoms with van der Waals surface area (Å²) in [5.74, 6) is -0.220. The van der Waals surface area contributed by atoms with Gasteiger partial charge in [0.1, 0.15) is 0 Å². The van der Waals surface area contributed by atoms with Crippen molar-refractivity contribution in [1.82, 2.24) is 16.0 Å². The minimum Gasteiger partial charge on any atom is -0.352 e. The molecule has 2 aromatic carbocycles. The third-order valence-electron chi connectivity index (χ3n) is 5.04. The first-order valence-corrected chi connectivity index (χ1v) is 9.57. The third kappa shape index (κ3) is 5.41. The third-order valence-corrected chi connectivity index (χ3v) is 5.04. The van der Waals surface area contributed by atoms with E-state index in [1.54, 1.807) is 12.1 Å². The van der Waals surface area contributed by atoms with Gasteiger partial charge in [0.2, 0.25) is 5.91 Å². The number of carbonyl (C=O) groups excluding carboxylic acids is 2. The van der Waals surface area contributed by atoms with E-state index in [4.69, 9.17) is 0 Å². The van der Waals surface area contributed by atoms with Crippen LogP contribution >= 0.6 is 0 Å². The van der Waals surface area contributed by atoms with E-state index in [1.165, 1.54) is 0 Å². The van der Waals surface area contributed by atoms with Crippen molar-refractivity contribution >= 4 is 11.8 Å². The molecule has 1 saturated heterocycles. The average Bonchev–Trinajstić information content (AvgIpc) is 2.70. The van der Waals surface area contributed by atoms with Crippen LogP contribution in [0.2, 0.25) is 0 Å². The Hall–Kier alpha value is -2.66. The maximum Gasteiger partial charge on any atom is 0.251 e. The van der Waals surface area contributed by atoms with Crippen LogP contribution in [0.5, 0.6) is 0 Å². The summed E-state index contributed by atoms with van der Waals surface area (Å²) in [6, 6.07) is 18.7. The van der Waals surface area contributed by atoms with Crippen LogP contribution in [0.4, 0.5) is 0 Å². The van der Waals surface area contributed by atoms with E-state index in [1.807, 2.05) is 48.5 Å². The Morgan fingerprint density at radius 2 is 1.74 bits per heavy atom. The minimum absolute atomic E-state index is 0.0437. The molecule has 3 N–H and O–H groups in total. The van der Waals surface area contributed by atoms with Gasteiger partial charge in [-0.15, -0.1) is 0 Å². The van der Waals surface area contributed by atoms with E-state index in [2.05, 4.69) is 22.9 Å². The van der Waals surface area contributed by atoms with Gasteiger partial charge in [-0.1, -0.05) is 48.5 Å². The van der Waals surface area contributed by atoms with E-state index in [-0.39, 0.29) is 36.4 Å². The van der Waals surface area contributed by atoms with Crippen LogP contribution in [0, 0.1) is 0 Å². The first-order valence-electron chi connectivity index (χ1n) is 9.57. The number of benzene rings is 2. The zero-order valence-electron chi connectivity index (χ0n) is 15.7. The summed E-state index contributed by atoms with van der Waals surface area (Å²) >= 11 is 0. The standard InChI is InChI=1S/C22H27N3O2/c1-16-19(13-8-14-23-16)24-21(26)15-20(17-9-4-2-5-10-17)25-22(27)18-11-6-3-7-12-18/h2-7,9-12,16,19-20,23H,8,13-15H2,1H3,(H,24,26)(H,25,27). The van der Waals surface area contributed by atoms with Crippen molar-refractivity contribution in [3.8, 4) is 0 Å². The van der Waals surface area contributed by atoms with Crippen molar-refractivity contribution in [1.29, 1.82) is 0 Å². The number of piperidine rings is 1. The van der Waals surface area contributed by atoms with E-state index < -0.39 is 0 Å². The van der Waals surface area contributed by atoms with E-state index in [0.717, 1.165) is 24.9 Å². The Morgan fingerprint density at radius 1 is 1.07 bits per heavy atom. The van der Waals surface area contributed by atoms with Gasteiger partial charge in [-0.2, -0.15) is 0 Å². The lowest BCUT2D eigenvalue weighted by molar-refractivity contribution is -0.122. The molecule has 142 valence electrons. The fraction of sp³-hybridized carbons (Fsp3) is 0.364. The molecule has 5 heteroatoms. The molecule has 3 unspecified atom stereocenters. The molecule has 27 heavy (non-hydrogen) atoms. The monoisotopic (exact) mass is 365 g/mol. The van der Waals surface area contributed by atoms with Gasteiger partial charge in [0.25, 0.3) is 5.91 Å². The summed E-state index contributed by atoms with van der Waals surface area (Å²) in [5, 5.41) is 9.53. The molecule has 5 nitrogen and oxygen atoms in total. The molecule has 2 amide bonds. The Labute approximate surface area is 160 Å². The van der Waals surface area contributed by atoms with Crippen molar-refractivity contribution < 1.29 is 9.59 Å². The Morgan fingerprint density at radius 3 is 2.41 bits per heavy atom. The van der Waals surface area contributed by atoms with Gasteiger partial charge < -0.3 is 16.0 Å². The van der Waals surface area contributed by atoms with Crippen LogP contribution in [0.15, 0.2) is 60.7 Å². The maximum absolute atomic E-state index is 12.7. The molecule has 0 aromatic heterocycles. The predicted octanol–water partition coefficient (Wildman–Crippen LogP) is 2.80. The molecule has 0 bridgehead atoms. The highest BCUT2D eigenvalue weighted by atomic mass is 16.2. The quantitative estimate of drug-likeness (QED) is 0.737. The van der Waals surface area contributed by atoms with Crippen LogP contribution in [0.1, 0.15) is 48.1 Å².